The molecule has 0 atom stereocenters. The minimum Gasteiger partial charge on any atom is -0.406 e. The second-order valence-electron chi connectivity index (χ2n) is 11.6. The average molecular weight is 738 g/mol. The zero-order valence-electron chi connectivity index (χ0n) is 26.3. The van der Waals surface area contributed by atoms with Crippen molar-refractivity contribution in [3.05, 3.63) is 82.5 Å². The molecule has 2 aromatic carbocycles. The molecule has 16 heteroatoms. The van der Waals surface area contributed by atoms with Crippen LogP contribution in [0.1, 0.15) is 53.0 Å². The predicted molar refractivity (Wildman–Crippen MR) is 180 cm³/mol. The zero-order valence-corrected chi connectivity index (χ0v) is 29.4. The van der Waals surface area contributed by atoms with E-state index in [4.69, 9.17) is 51.6 Å². The number of aromatic amines is 2. The number of nitrogens with one attached hydrogen (secondary N) is 2. The highest BCUT2D eigenvalue weighted by Gasteiger charge is 2.53. The van der Waals surface area contributed by atoms with Gasteiger partial charge in [-0.25, -0.2) is 9.59 Å². The summed E-state index contributed by atoms with van der Waals surface area (Å²) < 4.78 is 27.2. The Balaban J connectivity index is 0.000000160. The van der Waals surface area contributed by atoms with Gasteiger partial charge in [0.1, 0.15) is 5.76 Å². The van der Waals surface area contributed by atoms with Gasteiger partial charge in [0.15, 0.2) is 16.9 Å². The largest absolute Gasteiger partial charge is 0.500 e. The van der Waals surface area contributed by atoms with Crippen LogP contribution in [0.4, 0.5) is 0 Å². The normalized spacial score (nSPS) is 15.7. The number of halogens is 3. The summed E-state index contributed by atoms with van der Waals surface area (Å²) >= 11 is 15.1. The third-order valence-electron chi connectivity index (χ3n) is 7.53. The van der Waals surface area contributed by atoms with Crippen molar-refractivity contribution in [1.82, 2.24) is 15.1 Å². The van der Waals surface area contributed by atoms with Gasteiger partial charge in [-0.3, -0.25) is 14.8 Å². The lowest BCUT2D eigenvalue weighted by Crippen LogP contribution is -2.41. The topological polar surface area (TPSA) is 180 Å². The van der Waals surface area contributed by atoms with E-state index in [-0.39, 0.29) is 5.78 Å². The summed E-state index contributed by atoms with van der Waals surface area (Å²) in [5, 5.41) is 4.68. The number of fused-ring (bicyclic) bond motifs is 2. The number of aromatic nitrogens is 3. The van der Waals surface area contributed by atoms with Gasteiger partial charge in [-0.1, -0.05) is 44.3 Å². The van der Waals surface area contributed by atoms with E-state index in [0.29, 0.717) is 49.2 Å². The Labute approximate surface area is 281 Å². The van der Waals surface area contributed by atoms with E-state index in [9.17, 15) is 14.4 Å². The molecular weight excluding hydrogens is 706 g/mol. The van der Waals surface area contributed by atoms with Crippen molar-refractivity contribution >= 4 is 74.2 Å². The maximum absolute atomic E-state index is 11.5. The van der Waals surface area contributed by atoms with E-state index in [1.807, 2.05) is 41.5 Å². The van der Waals surface area contributed by atoms with E-state index < -0.39 is 29.8 Å². The summed E-state index contributed by atoms with van der Waals surface area (Å²) in [6, 6.07) is 6.92. The summed E-state index contributed by atoms with van der Waals surface area (Å²) in [7, 11) is -0.660. The first-order valence-corrected chi connectivity index (χ1v) is 15.4. The molecule has 0 bridgehead atoms. The van der Waals surface area contributed by atoms with E-state index in [0.717, 1.165) is 21.3 Å². The minimum absolute atomic E-state index is 0.112. The second-order valence-corrected chi connectivity index (χ2v) is 13.3. The maximum Gasteiger partial charge on any atom is 0.500 e. The van der Waals surface area contributed by atoms with Crippen LogP contribution in [0.25, 0.3) is 33.3 Å². The highest BCUT2D eigenvalue weighted by molar-refractivity contribution is 9.10. The van der Waals surface area contributed by atoms with Gasteiger partial charge in [-0.15, -0.1) is 0 Å². The molecule has 6 rings (SSSR count). The Morgan fingerprint density at radius 2 is 1.39 bits per heavy atom. The number of oxazole rings is 2. The summed E-state index contributed by atoms with van der Waals surface area (Å²) in [6.45, 7) is 14.6. The maximum atomic E-state index is 11.5. The monoisotopic (exact) mass is 736 g/mol. The molecule has 4 heterocycles. The summed E-state index contributed by atoms with van der Waals surface area (Å²) in [5.41, 5.74) is 10.0. The lowest BCUT2D eigenvalue weighted by Gasteiger charge is -2.32. The van der Waals surface area contributed by atoms with Gasteiger partial charge in [0.25, 0.3) is 0 Å². The highest BCUT2D eigenvalue weighted by Crippen LogP contribution is 2.39. The van der Waals surface area contributed by atoms with Gasteiger partial charge < -0.3 is 28.4 Å². The molecule has 1 fully saturated rings. The van der Waals surface area contributed by atoms with Crippen molar-refractivity contribution in [3.63, 3.8) is 0 Å². The average Bonchev–Trinajstić information content (AvgIpc) is 3.62. The van der Waals surface area contributed by atoms with Crippen LogP contribution < -0.4 is 17.2 Å². The fraction of sp³-hybridized carbons (Fsp3) is 0.333. The van der Waals surface area contributed by atoms with Crippen LogP contribution in [-0.2, 0) is 14.1 Å². The number of hydrogen-bond donors (Lipinski definition) is 3. The molecule has 244 valence electrons. The van der Waals surface area contributed by atoms with Crippen molar-refractivity contribution in [2.75, 3.05) is 0 Å². The Kier molecular flexibility index (Phi) is 10.2. The first-order chi connectivity index (χ1) is 21.3. The number of Topliss-reactive ketones (excluding diaryl/α,β-unsaturated/α-hetero) is 1. The van der Waals surface area contributed by atoms with E-state index in [2.05, 4.69) is 31.1 Å². The summed E-state index contributed by atoms with van der Waals surface area (Å²) in [6.07, 6.45) is 0. The van der Waals surface area contributed by atoms with Gasteiger partial charge >= 0.3 is 18.6 Å². The van der Waals surface area contributed by atoms with Crippen LogP contribution in [0.5, 0.6) is 0 Å². The molecule has 0 radical (unpaired) electrons. The molecule has 3 aromatic heterocycles. The minimum atomic E-state index is -0.660. The fourth-order valence-electron chi connectivity index (χ4n) is 4.63. The van der Waals surface area contributed by atoms with Crippen LogP contribution in [-0.4, -0.2) is 39.2 Å². The Morgan fingerprint density at radius 1 is 0.891 bits per heavy atom. The number of hydrogen-bond acceptors (Lipinski definition) is 10. The standard InChI is InChI=1S/C12H9ClN2O3.C11H20BNO3.C7H3BrClNO2/c1-5-10(6(2)18-15-5)7-3-8(13)11-9(4-7)14-12(16)17-11;1-7(13)9(8(2)14)12-15-10(3,4)11(5,6)16-12;8-3-1-4(9)6-5(2-3)10-7(11)12-6/h3-4H,1-2H3,(H,14,16);13H2,1-6H3;1-2H,(H,10,11). The third kappa shape index (κ3) is 7.36. The molecule has 5 aromatic rings. The molecule has 12 nitrogen and oxygen atoms in total. The van der Waals surface area contributed by atoms with Gasteiger partial charge in [-0.05, 0) is 85.2 Å². The molecular formula is C30H32BBrCl2N4O8. The quantitative estimate of drug-likeness (QED) is 0.129. The molecule has 0 unspecified atom stereocenters. The molecule has 0 spiro atoms. The molecule has 4 N–H and O–H groups in total. The number of carbonyl (C=O) groups is 1. The molecule has 1 aliphatic rings. The van der Waals surface area contributed by atoms with Crippen LogP contribution in [0, 0.1) is 13.8 Å². The lowest BCUT2D eigenvalue weighted by atomic mass is 9.75. The number of allylic oxidation sites excluding steroid dienone is 2. The SMILES string of the molecule is CC(=O)C(B1OC(C)(C)C(C)(C)O1)=C(C)N.Cc1noc(C)c1-c1cc(Cl)c2oc(=O)[nH]c2c1.O=c1[nH]c2cc(Br)cc(Cl)c2o1. The second kappa shape index (κ2) is 13.3. The Bertz CT molecular complexity index is 2050. The Morgan fingerprint density at radius 3 is 1.85 bits per heavy atom. The number of ketones is 1. The van der Waals surface area contributed by atoms with Crippen LogP contribution in [0.3, 0.4) is 0 Å². The molecule has 0 aliphatic carbocycles. The molecule has 0 amide bonds. The predicted octanol–water partition coefficient (Wildman–Crippen LogP) is 7.02. The summed E-state index contributed by atoms with van der Waals surface area (Å²) in [5.74, 6) is -0.430. The van der Waals surface area contributed by atoms with E-state index in [1.165, 1.54) is 6.92 Å². The number of nitrogens with two attached hydrogens (primary N) is 1. The van der Waals surface area contributed by atoms with Crippen LogP contribution >= 0.6 is 39.1 Å². The molecule has 1 aliphatic heterocycles. The number of aryl methyl sites for hydroxylation is 2. The first kappa shape index (κ1) is 35.3. The number of rotatable bonds is 3. The van der Waals surface area contributed by atoms with Crippen molar-refractivity contribution in [2.45, 2.75) is 66.6 Å². The smallest absolute Gasteiger partial charge is 0.406 e. The summed E-state index contributed by atoms with van der Waals surface area (Å²) in [4.78, 5) is 38.5. The number of H-pyrrole nitrogens is 2. The van der Waals surface area contributed by atoms with E-state index in [1.54, 1.807) is 31.2 Å². The van der Waals surface area contributed by atoms with Crippen molar-refractivity contribution in [3.8, 4) is 11.1 Å². The number of carbonyl (C=O) groups excluding carboxylic acids is 1. The van der Waals surface area contributed by atoms with Gasteiger partial charge in [0.2, 0.25) is 0 Å². The van der Waals surface area contributed by atoms with Crippen molar-refractivity contribution in [1.29, 1.82) is 0 Å². The number of nitrogens with zero attached hydrogens (tertiary/aromatic N) is 1. The van der Waals surface area contributed by atoms with Gasteiger partial charge in [0, 0.05) is 21.2 Å². The Hall–Kier alpha value is -3.56. The van der Waals surface area contributed by atoms with Gasteiger partial charge in [-0.2, -0.15) is 0 Å². The van der Waals surface area contributed by atoms with Crippen LogP contribution in [0.2, 0.25) is 10.0 Å². The third-order valence-corrected chi connectivity index (χ3v) is 8.55. The zero-order chi connectivity index (χ0) is 34.3. The number of benzene rings is 2. The lowest BCUT2D eigenvalue weighted by molar-refractivity contribution is -0.113. The van der Waals surface area contributed by atoms with Gasteiger partial charge in [0.05, 0.1) is 38.0 Å². The highest BCUT2D eigenvalue weighted by atomic mass is 79.9. The molecule has 1 saturated heterocycles. The first-order valence-electron chi connectivity index (χ1n) is 13.9. The molecule has 46 heavy (non-hydrogen) atoms. The van der Waals surface area contributed by atoms with Crippen molar-refractivity contribution < 1.29 is 27.5 Å². The van der Waals surface area contributed by atoms with E-state index >= 15 is 0 Å². The fourth-order valence-corrected chi connectivity index (χ4v) is 5.74. The van der Waals surface area contributed by atoms with Crippen molar-refractivity contribution in [2.24, 2.45) is 5.73 Å². The molecule has 0 saturated carbocycles. The van der Waals surface area contributed by atoms with Crippen LogP contribution in [0.15, 0.2) is 62.9 Å².